The van der Waals surface area contributed by atoms with E-state index in [0.29, 0.717) is 13.1 Å². The molecule has 0 atom stereocenters. The van der Waals surface area contributed by atoms with E-state index in [9.17, 15) is 4.79 Å². The average Bonchev–Trinajstić information content (AvgIpc) is 2.83. The maximum absolute atomic E-state index is 11.6. The Bertz CT molecular complexity index is 542. The van der Waals surface area contributed by atoms with Gasteiger partial charge in [0, 0.05) is 30.2 Å². The average molecular weight is 228 g/mol. The van der Waals surface area contributed by atoms with E-state index < -0.39 is 0 Å². The van der Waals surface area contributed by atoms with Crippen LogP contribution in [0, 0.1) is 0 Å². The standard InChI is InChI=1S/C14H16N2O/c1-3-14(17)16(4-2)10-11-6-5-7-13-12(11)8-9-15-13/h3,5-9,15H,1,4,10H2,2H3. The molecule has 0 aliphatic rings. The number of rotatable bonds is 4. The lowest BCUT2D eigenvalue weighted by Gasteiger charge is -2.19. The molecule has 0 bridgehead atoms. The van der Waals surface area contributed by atoms with Gasteiger partial charge < -0.3 is 9.88 Å². The van der Waals surface area contributed by atoms with Crippen molar-refractivity contribution < 1.29 is 4.79 Å². The number of nitrogens with one attached hydrogen (secondary N) is 1. The molecule has 3 heteroatoms. The minimum absolute atomic E-state index is 0.0277. The number of carbonyl (C=O) groups is 1. The van der Waals surface area contributed by atoms with Crippen molar-refractivity contribution in [2.45, 2.75) is 13.5 Å². The van der Waals surface area contributed by atoms with Gasteiger partial charge in [-0.15, -0.1) is 0 Å². The van der Waals surface area contributed by atoms with E-state index in [1.54, 1.807) is 4.90 Å². The molecule has 1 aromatic carbocycles. The third kappa shape index (κ3) is 2.23. The van der Waals surface area contributed by atoms with Gasteiger partial charge in [0.1, 0.15) is 0 Å². The Kier molecular flexibility index (Phi) is 3.28. The number of fused-ring (bicyclic) bond motifs is 1. The first-order valence-corrected chi connectivity index (χ1v) is 5.72. The lowest BCUT2D eigenvalue weighted by Crippen LogP contribution is -2.28. The summed E-state index contributed by atoms with van der Waals surface area (Å²) in [5.41, 5.74) is 2.26. The first-order valence-electron chi connectivity index (χ1n) is 5.72. The highest BCUT2D eigenvalue weighted by atomic mass is 16.2. The number of H-pyrrole nitrogens is 1. The van der Waals surface area contributed by atoms with Gasteiger partial charge in [0.25, 0.3) is 0 Å². The Morgan fingerprint density at radius 2 is 2.29 bits per heavy atom. The van der Waals surface area contributed by atoms with Crippen LogP contribution < -0.4 is 0 Å². The number of aromatic amines is 1. The molecule has 3 nitrogen and oxygen atoms in total. The van der Waals surface area contributed by atoms with Gasteiger partial charge >= 0.3 is 0 Å². The highest BCUT2D eigenvalue weighted by molar-refractivity contribution is 5.88. The highest BCUT2D eigenvalue weighted by Crippen LogP contribution is 2.19. The smallest absolute Gasteiger partial charge is 0.246 e. The van der Waals surface area contributed by atoms with Crippen LogP contribution in [0.2, 0.25) is 0 Å². The molecule has 2 aromatic rings. The summed E-state index contributed by atoms with van der Waals surface area (Å²) in [5, 5.41) is 1.17. The lowest BCUT2D eigenvalue weighted by molar-refractivity contribution is -0.126. The molecule has 0 aliphatic carbocycles. The zero-order valence-electron chi connectivity index (χ0n) is 9.94. The first kappa shape index (κ1) is 11.5. The van der Waals surface area contributed by atoms with E-state index in [-0.39, 0.29) is 5.91 Å². The molecular weight excluding hydrogens is 212 g/mol. The fourth-order valence-corrected chi connectivity index (χ4v) is 1.97. The van der Waals surface area contributed by atoms with Gasteiger partial charge in [0.15, 0.2) is 0 Å². The second-order valence-corrected chi connectivity index (χ2v) is 3.91. The van der Waals surface area contributed by atoms with Crippen molar-refractivity contribution in [2.24, 2.45) is 0 Å². The molecule has 0 radical (unpaired) electrons. The van der Waals surface area contributed by atoms with E-state index in [0.717, 1.165) is 11.1 Å². The largest absolute Gasteiger partial charge is 0.361 e. The molecule has 1 amide bonds. The summed E-state index contributed by atoms with van der Waals surface area (Å²) in [4.78, 5) is 16.6. The molecule has 1 heterocycles. The van der Waals surface area contributed by atoms with Crippen molar-refractivity contribution in [3.8, 4) is 0 Å². The second-order valence-electron chi connectivity index (χ2n) is 3.91. The highest BCUT2D eigenvalue weighted by Gasteiger charge is 2.10. The Morgan fingerprint density at radius 3 is 3.00 bits per heavy atom. The predicted molar refractivity (Wildman–Crippen MR) is 69.6 cm³/mol. The van der Waals surface area contributed by atoms with E-state index in [2.05, 4.69) is 17.6 Å². The molecule has 2 rings (SSSR count). The van der Waals surface area contributed by atoms with Gasteiger partial charge in [-0.2, -0.15) is 0 Å². The number of carbonyl (C=O) groups excluding carboxylic acids is 1. The van der Waals surface area contributed by atoms with Crippen LogP contribution in [-0.4, -0.2) is 22.3 Å². The van der Waals surface area contributed by atoms with Crippen molar-refractivity contribution in [1.82, 2.24) is 9.88 Å². The van der Waals surface area contributed by atoms with Crippen LogP contribution >= 0.6 is 0 Å². The van der Waals surface area contributed by atoms with Crippen molar-refractivity contribution in [1.29, 1.82) is 0 Å². The number of aromatic nitrogens is 1. The van der Waals surface area contributed by atoms with Gasteiger partial charge in [-0.05, 0) is 30.7 Å². The summed E-state index contributed by atoms with van der Waals surface area (Å²) in [6, 6.07) is 8.12. The van der Waals surface area contributed by atoms with Crippen LogP contribution in [-0.2, 0) is 11.3 Å². The number of benzene rings is 1. The zero-order valence-corrected chi connectivity index (χ0v) is 9.94. The number of nitrogens with zero attached hydrogens (tertiary/aromatic N) is 1. The van der Waals surface area contributed by atoms with Crippen LogP contribution in [0.3, 0.4) is 0 Å². The van der Waals surface area contributed by atoms with Crippen molar-refractivity contribution >= 4 is 16.8 Å². The monoisotopic (exact) mass is 228 g/mol. The van der Waals surface area contributed by atoms with Crippen molar-refractivity contribution in [3.63, 3.8) is 0 Å². The van der Waals surface area contributed by atoms with Gasteiger partial charge in [-0.1, -0.05) is 18.7 Å². The Hall–Kier alpha value is -2.03. The zero-order chi connectivity index (χ0) is 12.3. The molecule has 1 N–H and O–H groups in total. The summed E-state index contributed by atoms with van der Waals surface area (Å²) in [5.74, 6) is -0.0277. The number of likely N-dealkylation sites (N-methyl/N-ethyl adjacent to an activating group) is 1. The normalized spacial score (nSPS) is 10.4. The maximum atomic E-state index is 11.6. The van der Waals surface area contributed by atoms with Crippen LogP contribution in [0.15, 0.2) is 43.1 Å². The predicted octanol–water partition coefficient (Wildman–Crippen LogP) is 2.70. The molecule has 0 spiro atoms. The molecule has 0 unspecified atom stereocenters. The molecule has 0 fully saturated rings. The van der Waals surface area contributed by atoms with Gasteiger partial charge in [-0.3, -0.25) is 4.79 Å². The van der Waals surface area contributed by atoms with Gasteiger partial charge in [0.05, 0.1) is 0 Å². The van der Waals surface area contributed by atoms with E-state index in [1.165, 1.54) is 11.5 Å². The topological polar surface area (TPSA) is 36.1 Å². The minimum atomic E-state index is -0.0277. The number of hydrogen-bond acceptors (Lipinski definition) is 1. The fourth-order valence-electron chi connectivity index (χ4n) is 1.97. The molecule has 88 valence electrons. The molecule has 0 saturated heterocycles. The molecule has 17 heavy (non-hydrogen) atoms. The Morgan fingerprint density at radius 1 is 1.47 bits per heavy atom. The van der Waals surface area contributed by atoms with Crippen LogP contribution in [0.1, 0.15) is 12.5 Å². The Balaban J connectivity index is 2.31. The summed E-state index contributed by atoms with van der Waals surface area (Å²) in [6.45, 7) is 6.80. The molecule has 1 aromatic heterocycles. The number of amides is 1. The van der Waals surface area contributed by atoms with Crippen LogP contribution in [0.5, 0.6) is 0 Å². The second kappa shape index (κ2) is 4.87. The molecule has 0 saturated carbocycles. The minimum Gasteiger partial charge on any atom is -0.361 e. The van der Waals surface area contributed by atoms with E-state index in [4.69, 9.17) is 0 Å². The fraction of sp³-hybridized carbons (Fsp3) is 0.214. The maximum Gasteiger partial charge on any atom is 0.246 e. The van der Waals surface area contributed by atoms with E-state index in [1.807, 2.05) is 31.3 Å². The van der Waals surface area contributed by atoms with Gasteiger partial charge in [0.2, 0.25) is 5.91 Å². The van der Waals surface area contributed by atoms with Crippen molar-refractivity contribution in [2.75, 3.05) is 6.54 Å². The summed E-state index contributed by atoms with van der Waals surface area (Å²) in [6.07, 6.45) is 3.28. The number of hydrogen-bond donors (Lipinski definition) is 1. The van der Waals surface area contributed by atoms with Crippen molar-refractivity contribution in [3.05, 3.63) is 48.7 Å². The van der Waals surface area contributed by atoms with E-state index >= 15 is 0 Å². The van der Waals surface area contributed by atoms with Crippen LogP contribution in [0.25, 0.3) is 10.9 Å². The third-order valence-electron chi connectivity index (χ3n) is 2.91. The SMILES string of the molecule is C=CC(=O)N(CC)Cc1cccc2[nH]ccc12. The Labute approximate surface area is 101 Å². The van der Waals surface area contributed by atoms with Gasteiger partial charge in [-0.25, -0.2) is 0 Å². The molecular formula is C14H16N2O. The summed E-state index contributed by atoms with van der Waals surface area (Å²) >= 11 is 0. The lowest BCUT2D eigenvalue weighted by atomic mass is 10.1. The quantitative estimate of drug-likeness (QED) is 0.802. The summed E-state index contributed by atoms with van der Waals surface area (Å²) in [7, 11) is 0. The van der Waals surface area contributed by atoms with Crippen LogP contribution in [0.4, 0.5) is 0 Å². The molecule has 0 aliphatic heterocycles. The first-order chi connectivity index (χ1) is 8.26. The summed E-state index contributed by atoms with van der Waals surface area (Å²) < 4.78 is 0. The third-order valence-corrected chi connectivity index (χ3v) is 2.91.